The molecule has 0 spiro atoms. The number of sulfonamides is 1. The predicted octanol–water partition coefficient (Wildman–Crippen LogP) is 1.26. The van der Waals surface area contributed by atoms with E-state index in [2.05, 4.69) is 5.32 Å². The van der Waals surface area contributed by atoms with Gasteiger partial charge in [-0.05, 0) is 49.9 Å². The number of nitrogens with one attached hydrogen (secondary N) is 1. The Hall–Kier alpha value is -1.93. The summed E-state index contributed by atoms with van der Waals surface area (Å²) >= 11 is 0. The Labute approximate surface area is 148 Å². The van der Waals surface area contributed by atoms with Crippen molar-refractivity contribution in [2.24, 2.45) is 10.9 Å². The fraction of sp³-hybridized carbons (Fsp3) is 0.529. The third-order valence-corrected chi connectivity index (χ3v) is 6.01. The number of carbonyl (C=O) groups excluding carboxylic acids is 2. The molecule has 0 atom stereocenters. The van der Waals surface area contributed by atoms with Crippen LogP contribution in [0.1, 0.15) is 60.0 Å². The van der Waals surface area contributed by atoms with E-state index in [0.29, 0.717) is 24.0 Å². The molecule has 1 aromatic rings. The second-order valence-corrected chi connectivity index (χ2v) is 8.31. The molecule has 1 aromatic carbocycles. The highest BCUT2D eigenvalue weighted by Crippen LogP contribution is 2.28. The number of carbonyl (C=O) groups is 2. The molecular weight excluding hydrogens is 342 g/mol. The molecule has 0 aliphatic heterocycles. The van der Waals surface area contributed by atoms with E-state index in [1.54, 1.807) is 19.9 Å². The maximum absolute atomic E-state index is 12.7. The maximum Gasteiger partial charge on any atom is 0.252 e. The number of amides is 2. The predicted molar refractivity (Wildman–Crippen MR) is 94.4 cm³/mol. The first kappa shape index (κ1) is 19.4. The lowest BCUT2D eigenvalue weighted by Gasteiger charge is -2.30. The van der Waals surface area contributed by atoms with Crippen LogP contribution in [-0.2, 0) is 14.8 Å². The number of hydrogen-bond donors (Lipinski definition) is 3. The minimum absolute atomic E-state index is 0.0911. The van der Waals surface area contributed by atoms with E-state index in [1.165, 1.54) is 6.07 Å². The molecule has 0 heterocycles. The van der Waals surface area contributed by atoms with Gasteiger partial charge in [-0.15, -0.1) is 0 Å². The van der Waals surface area contributed by atoms with Gasteiger partial charge in [0.1, 0.15) is 5.54 Å². The number of primary sulfonamides is 1. The molecule has 0 bridgehead atoms. The summed E-state index contributed by atoms with van der Waals surface area (Å²) in [5.41, 5.74) is 5.77. The van der Waals surface area contributed by atoms with Crippen molar-refractivity contribution in [2.45, 2.75) is 62.8 Å². The van der Waals surface area contributed by atoms with Gasteiger partial charge in [0.25, 0.3) is 5.91 Å². The number of primary amides is 1. The number of hydrogen-bond acceptors (Lipinski definition) is 4. The number of aryl methyl sites for hydroxylation is 1. The normalized spacial score (nSPS) is 17.6. The van der Waals surface area contributed by atoms with E-state index in [4.69, 9.17) is 10.9 Å². The topological polar surface area (TPSA) is 132 Å². The fourth-order valence-corrected chi connectivity index (χ4v) is 4.19. The van der Waals surface area contributed by atoms with Gasteiger partial charge in [-0.25, -0.2) is 13.6 Å². The highest BCUT2D eigenvalue weighted by atomic mass is 32.2. The maximum atomic E-state index is 12.7. The van der Waals surface area contributed by atoms with Gasteiger partial charge in [0.2, 0.25) is 15.9 Å². The third-order valence-electron chi connectivity index (χ3n) is 4.97. The Morgan fingerprint density at radius 1 is 1.08 bits per heavy atom. The van der Waals surface area contributed by atoms with Crippen LogP contribution in [0.15, 0.2) is 17.0 Å². The van der Waals surface area contributed by atoms with Crippen molar-refractivity contribution in [2.75, 3.05) is 0 Å². The average Bonchev–Trinajstić information content (AvgIpc) is 2.75. The minimum Gasteiger partial charge on any atom is -0.368 e. The smallest absolute Gasteiger partial charge is 0.252 e. The van der Waals surface area contributed by atoms with Crippen molar-refractivity contribution in [1.82, 2.24) is 5.32 Å². The number of benzene rings is 1. The van der Waals surface area contributed by atoms with Crippen LogP contribution in [0.4, 0.5) is 0 Å². The van der Waals surface area contributed by atoms with Gasteiger partial charge in [0, 0.05) is 5.56 Å². The minimum atomic E-state index is -3.95. The van der Waals surface area contributed by atoms with Gasteiger partial charge in [0.15, 0.2) is 0 Å². The first-order chi connectivity index (χ1) is 11.6. The molecule has 0 unspecified atom stereocenters. The van der Waals surface area contributed by atoms with Crippen molar-refractivity contribution < 1.29 is 18.0 Å². The third kappa shape index (κ3) is 4.19. The average molecular weight is 367 g/mol. The molecule has 138 valence electrons. The van der Waals surface area contributed by atoms with Crippen LogP contribution in [0, 0.1) is 13.8 Å². The van der Waals surface area contributed by atoms with Gasteiger partial charge < -0.3 is 11.1 Å². The van der Waals surface area contributed by atoms with Crippen LogP contribution in [0.25, 0.3) is 0 Å². The van der Waals surface area contributed by atoms with Gasteiger partial charge in [-0.1, -0.05) is 25.7 Å². The molecule has 0 radical (unpaired) electrons. The zero-order valence-electron chi connectivity index (χ0n) is 14.6. The highest BCUT2D eigenvalue weighted by molar-refractivity contribution is 7.89. The Morgan fingerprint density at radius 3 is 2.12 bits per heavy atom. The highest BCUT2D eigenvalue weighted by Gasteiger charge is 2.38. The summed E-state index contributed by atoms with van der Waals surface area (Å²) < 4.78 is 23.5. The van der Waals surface area contributed by atoms with Crippen LogP contribution < -0.4 is 16.2 Å². The molecule has 5 N–H and O–H groups in total. The van der Waals surface area contributed by atoms with Crippen molar-refractivity contribution in [3.8, 4) is 0 Å². The Kier molecular flexibility index (Phi) is 5.53. The lowest BCUT2D eigenvalue weighted by atomic mass is 9.89. The Bertz CT molecular complexity index is 794. The van der Waals surface area contributed by atoms with Crippen molar-refractivity contribution in [1.29, 1.82) is 0 Å². The molecule has 1 aliphatic carbocycles. The van der Waals surface area contributed by atoms with E-state index in [-0.39, 0.29) is 10.5 Å². The van der Waals surface area contributed by atoms with Crippen molar-refractivity contribution in [3.63, 3.8) is 0 Å². The van der Waals surface area contributed by atoms with Crippen LogP contribution in [0.2, 0.25) is 0 Å². The van der Waals surface area contributed by atoms with Crippen molar-refractivity contribution in [3.05, 3.63) is 28.8 Å². The molecule has 0 saturated heterocycles. The van der Waals surface area contributed by atoms with Gasteiger partial charge >= 0.3 is 0 Å². The largest absolute Gasteiger partial charge is 0.368 e. The summed E-state index contributed by atoms with van der Waals surface area (Å²) in [7, 11) is -3.95. The van der Waals surface area contributed by atoms with E-state index >= 15 is 0 Å². The SMILES string of the molecule is Cc1cc(C(=O)NC2(C(N)=O)CCCCCC2)cc(S(N)(=O)=O)c1C. The van der Waals surface area contributed by atoms with Crippen LogP contribution in [0.3, 0.4) is 0 Å². The quantitative estimate of drug-likeness (QED) is 0.691. The molecule has 25 heavy (non-hydrogen) atoms. The van der Waals surface area contributed by atoms with E-state index in [9.17, 15) is 18.0 Å². The zero-order chi connectivity index (χ0) is 18.8. The van der Waals surface area contributed by atoms with Crippen LogP contribution in [0.5, 0.6) is 0 Å². The molecule has 1 saturated carbocycles. The second-order valence-electron chi connectivity index (χ2n) is 6.78. The molecule has 7 nitrogen and oxygen atoms in total. The Balaban J connectivity index is 2.40. The van der Waals surface area contributed by atoms with E-state index in [0.717, 1.165) is 25.7 Å². The summed E-state index contributed by atoms with van der Waals surface area (Å²) in [4.78, 5) is 24.7. The lowest BCUT2D eigenvalue weighted by molar-refractivity contribution is -0.124. The van der Waals surface area contributed by atoms with Crippen LogP contribution in [-0.4, -0.2) is 25.8 Å². The summed E-state index contributed by atoms with van der Waals surface area (Å²) in [5, 5.41) is 8.01. The fourth-order valence-electron chi connectivity index (χ4n) is 3.31. The molecule has 2 amide bonds. The number of rotatable bonds is 4. The van der Waals surface area contributed by atoms with Gasteiger partial charge in [-0.3, -0.25) is 9.59 Å². The molecule has 1 aliphatic rings. The molecule has 0 aromatic heterocycles. The first-order valence-electron chi connectivity index (χ1n) is 8.33. The molecule has 2 rings (SSSR count). The van der Waals surface area contributed by atoms with Crippen molar-refractivity contribution >= 4 is 21.8 Å². The van der Waals surface area contributed by atoms with E-state index in [1.807, 2.05) is 0 Å². The first-order valence-corrected chi connectivity index (χ1v) is 9.88. The molecule has 8 heteroatoms. The van der Waals surface area contributed by atoms with Gasteiger partial charge in [-0.2, -0.15) is 0 Å². The second kappa shape index (κ2) is 7.13. The summed E-state index contributed by atoms with van der Waals surface area (Å²) in [6.07, 6.45) is 4.56. The standard InChI is InChI=1S/C17H25N3O4S/c1-11-9-13(10-14(12(11)2)25(19,23)24)15(21)20-17(16(18)22)7-5-3-4-6-8-17/h9-10H,3-8H2,1-2H3,(H2,18,22)(H,20,21)(H2,19,23,24). The summed E-state index contributed by atoms with van der Waals surface area (Å²) in [6, 6.07) is 2.84. The van der Waals surface area contributed by atoms with Gasteiger partial charge in [0.05, 0.1) is 4.90 Å². The monoisotopic (exact) mass is 367 g/mol. The molecular formula is C17H25N3O4S. The number of nitrogens with two attached hydrogens (primary N) is 2. The summed E-state index contributed by atoms with van der Waals surface area (Å²) in [6.45, 7) is 3.34. The lowest BCUT2D eigenvalue weighted by Crippen LogP contribution is -2.57. The molecule has 1 fully saturated rings. The van der Waals surface area contributed by atoms with Crippen LogP contribution >= 0.6 is 0 Å². The summed E-state index contributed by atoms with van der Waals surface area (Å²) in [5.74, 6) is -1.08. The Morgan fingerprint density at radius 2 is 1.64 bits per heavy atom. The zero-order valence-corrected chi connectivity index (χ0v) is 15.4. The van der Waals surface area contributed by atoms with E-state index < -0.39 is 27.4 Å².